The van der Waals surface area contributed by atoms with Crippen LogP contribution in [0.25, 0.3) is 0 Å². The molecule has 0 radical (unpaired) electrons. The van der Waals surface area contributed by atoms with Crippen molar-refractivity contribution >= 4 is 47.6 Å². The van der Waals surface area contributed by atoms with E-state index in [9.17, 15) is 9.59 Å². The highest BCUT2D eigenvalue weighted by atomic mass is 35.5. The molecule has 1 N–H and O–H groups in total. The fourth-order valence-electron chi connectivity index (χ4n) is 0.907. The van der Waals surface area contributed by atoms with Gasteiger partial charge < -0.3 is 0 Å². The van der Waals surface area contributed by atoms with Crippen LogP contribution < -0.4 is 5.32 Å². The van der Waals surface area contributed by atoms with E-state index in [0.717, 1.165) is 0 Å². The lowest BCUT2D eigenvalue weighted by molar-refractivity contribution is -0.117. The van der Waals surface area contributed by atoms with Gasteiger partial charge in [-0.3, -0.25) is 14.9 Å². The quantitative estimate of drug-likeness (QED) is 0.804. The summed E-state index contributed by atoms with van der Waals surface area (Å²) in [4.78, 5) is 22.3. The van der Waals surface area contributed by atoms with E-state index in [1.165, 1.54) is 18.2 Å². The third kappa shape index (κ3) is 3.41. The molecule has 0 fully saturated rings. The van der Waals surface area contributed by atoms with Gasteiger partial charge in [0.1, 0.15) is 0 Å². The van der Waals surface area contributed by atoms with Crippen LogP contribution in [0.1, 0.15) is 10.4 Å². The zero-order chi connectivity index (χ0) is 11.4. The zero-order valence-electron chi connectivity index (χ0n) is 7.46. The second kappa shape index (κ2) is 5.39. The maximum Gasteiger partial charge on any atom is 0.259 e. The molecule has 0 aliphatic carbocycles. The SMILES string of the molecule is O=C(CS)NC(=O)c1ccc(Cl)cc1Cl. The molecule has 6 heteroatoms. The van der Waals surface area contributed by atoms with Crippen LogP contribution in [0.15, 0.2) is 18.2 Å². The first-order chi connectivity index (χ1) is 7.04. The molecule has 0 spiro atoms. The molecule has 0 aliphatic heterocycles. The second-order valence-corrected chi connectivity index (χ2v) is 3.82. The summed E-state index contributed by atoms with van der Waals surface area (Å²) in [6.45, 7) is 0. The summed E-state index contributed by atoms with van der Waals surface area (Å²) in [5.41, 5.74) is 0.205. The summed E-state index contributed by atoms with van der Waals surface area (Å²) >= 11 is 15.2. The molecule has 80 valence electrons. The van der Waals surface area contributed by atoms with Crippen molar-refractivity contribution in [2.45, 2.75) is 0 Å². The lowest BCUT2D eigenvalue weighted by atomic mass is 10.2. The van der Waals surface area contributed by atoms with Crippen LogP contribution in [-0.2, 0) is 4.79 Å². The van der Waals surface area contributed by atoms with Gasteiger partial charge in [0.2, 0.25) is 5.91 Å². The normalized spacial score (nSPS) is 9.80. The predicted molar refractivity (Wildman–Crippen MR) is 62.8 cm³/mol. The summed E-state index contributed by atoms with van der Waals surface area (Å²) in [5.74, 6) is -1.10. The number of halogens is 2. The van der Waals surface area contributed by atoms with Crippen LogP contribution in [0, 0.1) is 0 Å². The van der Waals surface area contributed by atoms with Crippen molar-refractivity contribution in [3.05, 3.63) is 33.8 Å². The summed E-state index contributed by atoms with van der Waals surface area (Å²) in [6.07, 6.45) is 0. The summed E-state index contributed by atoms with van der Waals surface area (Å²) in [6, 6.07) is 4.41. The first-order valence-corrected chi connectivity index (χ1v) is 5.33. The Balaban J connectivity index is 2.87. The van der Waals surface area contributed by atoms with Gasteiger partial charge in [0.25, 0.3) is 5.91 Å². The molecule has 0 atom stereocenters. The minimum Gasteiger partial charge on any atom is -0.292 e. The van der Waals surface area contributed by atoms with Crippen molar-refractivity contribution in [3.8, 4) is 0 Å². The Hall–Kier alpha value is -0.710. The number of hydrogen-bond donors (Lipinski definition) is 2. The molecular formula is C9H7Cl2NO2S. The third-order valence-electron chi connectivity index (χ3n) is 1.57. The topological polar surface area (TPSA) is 46.2 Å². The van der Waals surface area contributed by atoms with Gasteiger partial charge >= 0.3 is 0 Å². The number of carbonyl (C=O) groups excluding carboxylic acids is 2. The molecule has 15 heavy (non-hydrogen) atoms. The van der Waals surface area contributed by atoms with Gasteiger partial charge in [-0.25, -0.2) is 0 Å². The highest BCUT2D eigenvalue weighted by Gasteiger charge is 2.12. The Morgan fingerprint density at radius 3 is 2.53 bits per heavy atom. The fourth-order valence-corrected chi connectivity index (χ4v) is 1.48. The fraction of sp³-hybridized carbons (Fsp3) is 0.111. The number of benzene rings is 1. The van der Waals surface area contributed by atoms with Crippen molar-refractivity contribution in [3.63, 3.8) is 0 Å². The van der Waals surface area contributed by atoms with E-state index in [0.29, 0.717) is 5.02 Å². The predicted octanol–water partition coefficient (Wildman–Crippen LogP) is 2.18. The lowest BCUT2D eigenvalue weighted by Crippen LogP contribution is -2.31. The van der Waals surface area contributed by atoms with E-state index in [-0.39, 0.29) is 16.3 Å². The first kappa shape index (κ1) is 12.4. The monoisotopic (exact) mass is 263 g/mol. The van der Waals surface area contributed by atoms with E-state index < -0.39 is 11.8 Å². The van der Waals surface area contributed by atoms with Crippen LogP contribution in [0.5, 0.6) is 0 Å². The van der Waals surface area contributed by atoms with Gasteiger partial charge in [-0.2, -0.15) is 12.6 Å². The van der Waals surface area contributed by atoms with E-state index in [1.54, 1.807) is 0 Å². The molecule has 1 rings (SSSR count). The first-order valence-electron chi connectivity index (χ1n) is 3.94. The molecule has 0 heterocycles. The number of rotatable bonds is 2. The van der Waals surface area contributed by atoms with Crippen molar-refractivity contribution in [2.75, 3.05) is 5.75 Å². The van der Waals surface area contributed by atoms with Crippen molar-refractivity contribution in [2.24, 2.45) is 0 Å². The van der Waals surface area contributed by atoms with Crippen LogP contribution in [0.2, 0.25) is 10.0 Å². The van der Waals surface area contributed by atoms with Crippen molar-refractivity contribution in [1.82, 2.24) is 5.32 Å². The molecule has 2 amide bonds. The van der Waals surface area contributed by atoms with Gasteiger partial charge in [-0.15, -0.1) is 0 Å². The van der Waals surface area contributed by atoms with Gasteiger partial charge in [-0.05, 0) is 18.2 Å². The Morgan fingerprint density at radius 2 is 2.00 bits per heavy atom. The molecular weight excluding hydrogens is 257 g/mol. The zero-order valence-corrected chi connectivity index (χ0v) is 9.87. The largest absolute Gasteiger partial charge is 0.292 e. The van der Waals surface area contributed by atoms with E-state index in [2.05, 4.69) is 17.9 Å². The van der Waals surface area contributed by atoms with Gasteiger partial charge in [0.15, 0.2) is 0 Å². The Kier molecular flexibility index (Phi) is 4.45. The standard InChI is InChI=1S/C9H7Cl2NO2S/c10-5-1-2-6(7(11)3-5)9(14)12-8(13)4-15/h1-3,15H,4H2,(H,12,13,14). The molecule has 1 aromatic rings. The molecule has 0 aliphatic rings. The number of carbonyl (C=O) groups is 2. The molecule has 0 aromatic heterocycles. The maximum atomic E-state index is 11.5. The number of nitrogens with one attached hydrogen (secondary N) is 1. The number of amides is 2. The van der Waals surface area contributed by atoms with Crippen LogP contribution in [0.3, 0.4) is 0 Å². The lowest BCUT2D eigenvalue weighted by Gasteiger charge is -2.04. The minimum absolute atomic E-state index is 0.0586. The van der Waals surface area contributed by atoms with Gasteiger partial charge in [0, 0.05) is 5.02 Å². The Bertz CT molecular complexity index is 409. The summed E-state index contributed by atoms with van der Waals surface area (Å²) in [5, 5.41) is 2.75. The number of hydrogen-bond acceptors (Lipinski definition) is 3. The maximum absolute atomic E-state index is 11.5. The molecule has 1 aromatic carbocycles. The van der Waals surface area contributed by atoms with Crippen molar-refractivity contribution < 1.29 is 9.59 Å². The van der Waals surface area contributed by atoms with Crippen LogP contribution in [-0.4, -0.2) is 17.6 Å². The number of imide groups is 1. The van der Waals surface area contributed by atoms with E-state index >= 15 is 0 Å². The van der Waals surface area contributed by atoms with Gasteiger partial charge in [-0.1, -0.05) is 23.2 Å². The highest BCUT2D eigenvalue weighted by molar-refractivity contribution is 7.81. The minimum atomic E-state index is -0.560. The number of thiol groups is 1. The van der Waals surface area contributed by atoms with E-state index in [4.69, 9.17) is 23.2 Å². The van der Waals surface area contributed by atoms with Crippen LogP contribution >= 0.6 is 35.8 Å². The molecule has 0 unspecified atom stereocenters. The molecule has 3 nitrogen and oxygen atoms in total. The Morgan fingerprint density at radius 1 is 1.33 bits per heavy atom. The second-order valence-electron chi connectivity index (χ2n) is 2.66. The molecule has 0 saturated carbocycles. The van der Waals surface area contributed by atoms with Crippen LogP contribution in [0.4, 0.5) is 0 Å². The summed E-state index contributed by atoms with van der Waals surface area (Å²) in [7, 11) is 0. The highest BCUT2D eigenvalue weighted by Crippen LogP contribution is 2.20. The smallest absolute Gasteiger partial charge is 0.259 e. The molecule has 0 bridgehead atoms. The van der Waals surface area contributed by atoms with Gasteiger partial charge in [0.05, 0.1) is 16.3 Å². The molecule has 0 saturated heterocycles. The average molecular weight is 264 g/mol. The third-order valence-corrected chi connectivity index (χ3v) is 2.41. The Labute approximate surface area is 102 Å². The van der Waals surface area contributed by atoms with Crippen molar-refractivity contribution in [1.29, 1.82) is 0 Å². The van der Waals surface area contributed by atoms with E-state index in [1.807, 2.05) is 0 Å². The summed E-state index contributed by atoms with van der Waals surface area (Å²) < 4.78 is 0. The average Bonchev–Trinajstić information content (AvgIpc) is 2.17.